The Hall–Kier alpha value is -1.03. The van der Waals surface area contributed by atoms with Crippen molar-refractivity contribution in [1.82, 2.24) is 15.5 Å². The van der Waals surface area contributed by atoms with E-state index in [-0.39, 0.29) is 5.56 Å². The van der Waals surface area contributed by atoms with Gasteiger partial charge in [0, 0.05) is 24.2 Å². The van der Waals surface area contributed by atoms with E-state index in [1.54, 1.807) is 6.07 Å². The van der Waals surface area contributed by atoms with Crippen LogP contribution in [-0.4, -0.2) is 23.3 Å². The number of rotatable bonds is 1. The number of aromatic nitrogens is 2. The number of hydrogen-bond donors (Lipinski definition) is 3. The third-order valence-corrected chi connectivity index (χ3v) is 2.12. The standard InChI is InChI=1S/C7H11N3O/c11-7-3-6(9-10-7)5-1-2-8-4-5/h3,5,8H,1-2,4H2,(H2,9,10,11)/t5-/m0/s1. The van der Waals surface area contributed by atoms with Crippen molar-refractivity contribution in [3.8, 4) is 0 Å². The normalized spacial score (nSPS) is 24.2. The fourth-order valence-corrected chi connectivity index (χ4v) is 1.49. The summed E-state index contributed by atoms with van der Waals surface area (Å²) >= 11 is 0. The summed E-state index contributed by atoms with van der Waals surface area (Å²) in [5.41, 5.74) is 0.993. The summed E-state index contributed by atoms with van der Waals surface area (Å²) in [6.45, 7) is 2.03. The Bertz CT molecular complexity index is 282. The van der Waals surface area contributed by atoms with Gasteiger partial charge in [0.05, 0.1) is 0 Å². The second-order valence-corrected chi connectivity index (χ2v) is 2.90. The van der Waals surface area contributed by atoms with E-state index in [1.807, 2.05) is 0 Å². The highest BCUT2D eigenvalue weighted by molar-refractivity contribution is 5.08. The smallest absolute Gasteiger partial charge is 0.264 e. The summed E-state index contributed by atoms with van der Waals surface area (Å²) in [5.74, 6) is 0.494. The number of nitrogens with one attached hydrogen (secondary N) is 3. The number of aromatic amines is 2. The molecule has 2 heterocycles. The van der Waals surface area contributed by atoms with Gasteiger partial charge in [0.1, 0.15) is 0 Å². The molecule has 11 heavy (non-hydrogen) atoms. The van der Waals surface area contributed by atoms with Crippen molar-refractivity contribution in [3.63, 3.8) is 0 Å². The van der Waals surface area contributed by atoms with E-state index in [2.05, 4.69) is 15.5 Å². The fraction of sp³-hybridized carbons (Fsp3) is 0.571. The van der Waals surface area contributed by atoms with Gasteiger partial charge < -0.3 is 10.4 Å². The summed E-state index contributed by atoms with van der Waals surface area (Å²) in [7, 11) is 0. The molecule has 3 N–H and O–H groups in total. The van der Waals surface area contributed by atoms with Crippen molar-refractivity contribution in [3.05, 3.63) is 22.1 Å². The van der Waals surface area contributed by atoms with Crippen molar-refractivity contribution in [2.45, 2.75) is 12.3 Å². The van der Waals surface area contributed by atoms with E-state index in [0.717, 1.165) is 25.2 Å². The van der Waals surface area contributed by atoms with E-state index in [9.17, 15) is 4.79 Å². The van der Waals surface area contributed by atoms with Crippen molar-refractivity contribution in [2.75, 3.05) is 13.1 Å². The Labute approximate surface area is 64.0 Å². The quantitative estimate of drug-likeness (QED) is 0.522. The van der Waals surface area contributed by atoms with Crippen LogP contribution in [0.25, 0.3) is 0 Å². The monoisotopic (exact) mass is 153 g/mol. The van der Waals surface area contributed by atoms with Crippen LogP contribution < -0.4 is 10.9 Å². The van der Waals surface area contributed by atoms with Crippen LogP contribution in [0.1, 0.15) is 18.0 Å². The maximum atomic E-state index is 10.7. The lowest BCUT2D eigenvalue weighted by Crippen LogP contribution is -2.08. The van der Waals surface area contributed by atoms with Gasteiger partial charge in [-0.25, -0.2) is 0 Å². The van der Waals surface area contributed by atoms with Crippen LogP contribution >= 0.6 is 0 Å². The predicted molar refractivity (Wildman–Crippen MR) is 41.6 cm³/mol. The molecule has 1 aliphatic heterocycles. The lowest BCUT2D eigenvalue weighted by molar-refractivity contribution is 0.729. The Morgan fingerprint density at radius 3 is 2.91 bits per heavy atom. The van der Waals surface area contributed by atoms with Gasteiger partial charge in [0.25, 0.3) is 5.56 Å². The zero-order chi connectivity index (χ0) is 7.68. The van der Waals surface area contributed by atoms with E-state index in [0.29, 0.717) is 5.92 Å². The molecule has 0 spiro atoms. The Morgan fingerprint density at radius 2 is 2.36 bits per heavy atom. The Morgan fingerprint density at radius 1 is 1.45 bits per heavy atom. The van der Waals surface area contributed by atoms with Crippen LogP contribution in [0.5, 0.6) is 0 Å². The molecule has 1 fully saturated rings. The molecular weight excluding hydrogens is 142 g/mol. The van der Waals surface area contributed by atoms with Crippen LogP contribution in [-0.2, 0) is 0 Å². The molecule has 0 amide bonds. The topological polar surface area (TPSA) is 60.7 Å². The maximum Gasteiger partial charge on any atom is 0.264 e. The molecule has 1 aliphatic rings. The van der Waals surface area contributed by atoms with Crippen LogP contribution in [0.15, 0.2) is 10.9 Å². The molecule has 1 saturated heterocycles. The average Bonchev–Trinajstić information content (AvgIpc) is 2.55. The third kappa shape index (κ3) is 1.21. The molecule has 60 valence electrons. The Balaban J connectivity index is 2.21. The Kier molecular flexibility index (Phi) is 1.54. The summed E-state index contributed by atoms with van der Waals surface area (Å²) in [5, 5.41) is 8.65. The van der Waals surface area contributed by atoms with Crippen LogP contribution in [0.2, 0.25) is 0 Å². The van der Waals surface area contributed by atoms with Crippen molar-refractivity contribution >= 4 is 0 Å². The summed E-state index contributed by atoms with van der Waals surface area (Å²) in [6, 6.07) is 1.64. The highest BCUT2D eigenvalue weighted by Crippen LogP contribution is 2.17. The van der Waals surface area contributed by atoms with Crippen molar-refractivity contribution in [2.24, 2.45) is 0 Å². The van der Waals surface area contributed by atoms with Gasteiger partial charge in [-0.15, -0.1) is 0 Å². The fourth-order valence-electron chi connectivity index (χ4n) is 1.49. The highest BCUT2D eigenvalue weighted by Gasteiger charge is 2.17. The first-order chi connectivity index (χ1) is 5.36. The van der Waals surface area contributed by atoms with E-state index >= 15 is 0 Å². The molecule has 0 radical (unpaired) electrons. The molecular formula is C7H11N3O. The minimum atomic E-state index is -0.0353. The molecule has 1 atom stereocenters. The van der Waals surface area contributed by atoms with Gasteiger partial charge in [0.2, 0.25) is 0 Å². The zero-order valence-electron chi connectivity index (χ0n) is 6.18. The third-order valence-electron chi connectivity index (χ3n) is 2.12. The van der Waals surface area contributed by atoms with Gasteiger partial charge in [-0.2, -0.15) is 0 Å². The molecule has 0 bridgehead atoms. The summed E-state index contributed by atoms with van der Waals surface area (Å²) in [6.07, 6.45) is 1.12. The van der Waals surface area contributed by atoms with Crippen LogP contribution in [0.4, 0.5) is 0 Å². The minimum Gasteiger partial charge on any atom is -0.316 e. The second-order valence-electron chi connectivity index (χ2n) is 2.90. The van der Waals surface area contributed by atoms with Gasteiger partial charge in [0.15, 0.2) is 0 Å². The summed E-state index contributed by atoms with van der Waals surface area (Å²) < 4.78 is 0. The highest BCUT2D eigenvalue weighted by atomic mass is 16.1. The molecule has 4 heteroatoms. The molecule has 0 aromatic carbocycles. The molecule has 1 aromatic heterocycles. The first-order valence-electron chi connectivity index (χ1n) is 3.84. The lowest BCUT2D eigenvalue weighted by Gasteiger charge is -2.02. The van der Waals surface area contributed by atoms with Crippen molar-refractivity contribution < 1.29 is 0 Å². The van der Waals surface area contributed by atoms with Crippen LogP contribution in [0.3, 0.4) is 0 Å². The first kappa shape index (κ1) is 6.67. The zero-order valence-corrected chi connectivity index (χ0v) is 6.18. The molecule has 0 saturated carbocycles. The molecule has 4 nitrogen and oxygen atoms in total. The lowest BCUT2D eigenvalue weighted by atomic mass is 10.1. The number of H-pyrrole nitrogens is 2. The number of hydrogen-bond acceptors (Lipinski definition) is 2. The minimum absolute atomic E-state index is 0.0353. The molecule has 1 aromatic rings. The molecule has 0 aliphatic carbocycles. The predicted octanol–water partition coefficient (Wildman–Crippen LogP) is -0.220. The van der Waals surface area contributed by atoms with Gasteiger partial charge >= 0.3 is 0 Å². The maximum absolute atomic E-state index is 10.7. The van der Waals surface area contributed by atoms with E-state index in [4.69, 9.17) is 0 Å². The average molecular weight is 153 g/mol. The van der Waals surface area contributed by atoms with Gasteiger partial charge in [-0.3, -0.25) is 9.89 Å². The van der Waals surface area contributed by atoms with E-state index < -0.39 is 0 Å². The molecule has 0 unspecified atom stereocenters. The first-order valence-corrected chi connectivity index (χ1v) is 3.84. The SMILES string of the molecule is O=c1cc([C@H]2CCNC2)[nH][nH]1. The second kappa shape index (κ2) is 2.54. The molecule has 2 rings (SSSR count). The largest absolute Gasteiger partial charge is 0.316 e. The van der Waals surface area contributed by atoms with Gasteiger partial charge in [-0.05, 0) is 13.0 Å². The van der Waals surface area contributed by atoms with E-state index in [1.165, 1.54) is 0 Å². The van der Waals surface area contributed by atoms with Gasteiger partial charge in [-0.1, -0.05) is 0 Å². The van der Waals surface area contributed by atoms with Crippen LogP contribution in [0, 0.1) is 0 Å². The summed E-state index contributed by atoms with van der Waals surface area (Å²) in [4.78, 5) is 10.7. The van der Waals surface area contributed by atoms with Crippen molar-refractivity contribution in [1.29, 1.82) is 0 Å².